The van der Waals surface area contributed by atoms with Crippen LogP contribution in [0.25, 0.3) is 21.5 Å². The van der Waals surface area contributed by atoms with Gasteiger partial charge in [-0.05, 0) is 63.4 Å². The molecule has 0 aromatic heterocycles. The topological polar surface area (TPSA) is 69.9 Å². The number of fused-ring (bicyclic) bond motifs is 6. The summed E-state index contributed by atoms with van der Waals surface area (Å²) in [4.78, 5) is 0. The number of rotatable bonds is 2. The Morgan fingerprint density at radius 3 is 1.66 bits per heavy atom. The van der Waals surface area contributed by atoms with E-state index in [0.29, 0.717) is 0 Å². The normalized spacial score (nSPS) is 13.9. The van der Waals surface area contributed by atoms with Gasteiger partial charge in [-0.25, -0.2) is 0 Å². The van der Waals surface area contributed by atoms with Gasteiger partial charge in [-0.15, -0.1) is 0 Å². The van der Waals surface area contributed by atoms with E-state index in [4.69, 9.17) is 4.74 Å². The predicted octanol–water partition coefficient (Wildman–Crippen LogP) is 5.66. The number of ether oxygens (including phenoxy) is 1. The molecule has 0 saturated carbocycles. The standard InChI is InChI=1S/C25H22O4/c1-25(2,13-26)24-22-18-11-16(27)7-3-14(18)5-9-20(22)29-21-10-6-15-4-8-17(28)12-19(15)23(21)24/h3-12,24,26-28H,13H2,1-2H3. The maximum absolute atomic E-state index is 10.3. The number of aliphatic hydroxyl groups is 1. The van der Waals surface area contributed by atoms with Gasteiger partial charge < -0.3 is 20.1 Å². The Morgan fingerprint density at radius 1 is 0.759 bits per heavy atom. The summed E-state index contributed by atoms with van der Waals surface area (Å²) in [5.41, 5.74) is 1.38. The SMILES string of the molecule is CC(C)(CO)C1c2c(ccc3ccc(O)cc23)Oc2ccc3ccc(O)cc3c21. The lowest BCUT2D eigenvalue weighted by atomic mass is 9.68. The van der Waals surface area contributed by atoms with Crippen molar-refractivity contribution in [3.8, 4) is 23.0 Å². The Balaban J connectivity index is 1.93. The molecule has 0 spiro atoms. The van der Waals surface area contributed by atoms with Crippen molar-refractivity contribution in [2.24, 2.45) is 5.41 Å². The molecule has 0 aliphatic carbocycles. The molecule has 4 heteroatoms. The fourth-order valence-corrected chi connectivity index (χ4v) is 4.53. The lowest BCUT2D eigenvalue weighted by molar-refractivity contribution is 0.140. The molecule has 1 aliphatic heterocycles. The van der Waals surface area contributed by atoms with E-state index < -0.39 is 5.41 Å². The van der Waals surface area contributed by atoms with Gasteiger partial charge >= 0.3 is 0 Å². The van der Waals surface area contributed by atoms with Crippen LogP contribution in [-0.4, -0.2) is 21.9 Å². The van der Waals surface area contributed by atoms with E-state index in [2.05, 4.69) is 0 Å². The molecule has 4 aromatic carbocycles. The first-order valence-corrected chi connectivity index (χ1v) is 9.69. The van der Waals surface area contributed by atoms with Crippen LogP contribution in [0.3, 0.4) is 0 Å². The fraction of sp³-hybridized carbons (Fsp3) is 0.200. The van der Waals surface area contributed by atoms with Crippen LogP contribution < -0.4 is 4.74 Å². The summed E-state index contributed by atoms with van der Waals surface area (Å²) in [6, 6.07) is 18.5. The molecule has 5 rings (SSSR count). The van der Waals surface area contributed by atoms with Gasteiger partial charge in [0.2, 0.25) is 0 Å². The van der Waals surface area contributed by atoms with Gasteiger partial charge in [0.15, 0.2) is 0 Å². The van der Waals surface area contributed by atoms with E-state index in [1.165, 1.54) is 0 Å². The fourth-order valence-electron chi connectivity index (χ4n) is 4.53. The molecule has 29 heavy (non-hydrogen) atoms. The minimum atomic E-state index is -0.507. The third-order valence-electron chi connectivity index (χ3n) is 6.00. The molecule has 0 atom stereocenters. The first-order valence-electron chi connectivity index (χ1n) is 9.69. The third-order valence-corrected chi connectivity index (χ3v) is 6.00. The second kappa shape index (κ2) is 6.13. The molecule has 0 amide bonds. The number of aliphatic hydroxyl groups excluding tert-OH is 1. The van der Waals surface area contributed by atoms with E-state index in [-0.39, 0.29) is 24.0 Å². The van der Waals surface area contributed by atoms with Gasteiger partial charge in [-0.1, -0.05) is 38.1 Å². The van der Waals surface area contributed by atoms with Crippen molar-refractivity contribution in [3.63, 3.8) is 0 Å². The molecule has 146 valence electrons. The van der Waals surface area contributed by atoms with Gasteiger partial charge in [-0.3, -0.25) is 0 Å². The molecular formula is C25H22O4. The number of hydrogen-bond acceptors (Lipinski definition) is 4. The van der Waals surface area contributed by atoms with Crippen LogP contribution in [0.2, 0.25) is 0 Å². The van der Waals surface area contributed by atoms with Crippen LogP contribution >= 0.6 is 0 Å². The van der Waals surface area contributed by atoms with Crippen LogP contribution in [0, 0.1) is 5.41 Å². The van der Waals surface area contributed by atoms with E-state index in [1.807, 2.05) is 50.2 Å². The van der Waals surface area contributed by atoms with E-state index in [1.54, 1.807) is 24.3 Å². The predicted molar refractivity (Wildman–Crippen MR) is 114 cm³/mol. The summed E-state index contributed by atoms with van der Waals surface area (Å²) < 4.78 is 6.30. The smallest absolute Gasteiger partial charge is 0.131 e. The Labute approximate surface area is 168 Å². The number of aromatic hydroxyl groups is 2. The second-order valence-electron chi connectivity index (χ2n) is 8.45. The average Bonchev–Trinajstić information content (AvgIpc) is 2.71. The maximum atomic E-state index is 10.3. The third kappa shape index (κ3) is 2.64. The minimum absolute atomic E-state index is 0.0268. The molecular weight excluding hydrogens is 364 g/mol. The zero-order valence-electron chi connectivity index (χ0n) is 16.3. The van der Waals surface area contributed by atoms with Crippen LogP contribution in [-0.2, 0) is 0 Å². The quantitative estimate of drug-likeness (QED) is 0.416. The first-order chi connectivity index (χ1) is 13.9. The van der Waals surface area contributed by atoms with Gasteiger partial charge in [0.05, 0.1) is 0 Å². The molecule has 0 fully saturated rings. The lowest BCUT2D eigenvalue weighted by Crippen LogP contribution is -2.30. The van der Waals surface area contributed by atoms with Gasteiger partial charge in [-0.2, -0.15) is 0 Å². The lowest BCUT2D eigenvalue weighted by Gasteiger charge is -2.39. The van der Waals surface area contributed by atoms with Crippen molar-refractivity contribution in [2.45, 2.75) is 19.8 Å². The summed E-state index contributed by atoms with van der Waals surface area (Å²) in [5.74, 6) is 1.63. The van der Waals surface area contributed by atoms with E-state index in [9.17, 15) is 15.3 Å². The van der Waals surface area contributed by atoms with Crippen LogP contribution in [0.4, 0.5) is 0 Å². The summed E-state index contributed by atoms with van der Waals surface area (Å²) in [6.45, 7) is 4.03. The zero-order valence-corrected chi connectivity index (χ0v) is 16.3. The molecule has 0 bridgehead atoms. The Bertz CT molecular complexity index is 1180. The number of benzene rings is 4. The maximum Gasteiger partial charge on any atom is 0.131 e. The Kier molecular flexibility index (Phi) is 3.77. The molecule has 3 N–H and O–H groups in total. The van der Waals surface area contributed by atoms with E-state index >= 15 is 0 Å². The monoisotopic (exact) mass is 386 g/mol. The van der Waals surface area contributed by atoms with Crippen molar-refractivity contribution in [2.75, 3.05) is 6.61 Å². The minimum Gasteiger partial charge on any atom is -0.508 e. The van der Waals surface area contributed by atoms with Crippen LogP contribution in [0.5, 0.6) is 23.0 Å². The zero-order chi connectivity index (χ0) is 20.3. The van der Waals surface area contributed by atoms with Crippen molar-refractivity contribution in [1.82, 2.24) is 0 Å². The molecule has 4 nitrogen and oxygen atoms in total. The van der Waals surface area contributed by atoms with Crippen molar-refractivity contribution >= 4 is 21.5 Å². The average molecular weight is 386 g/mol. The second-order valence-corrected chi connectivity index (χ2v) is 8.45. The Hall–Kier alpha value is -3.24. The van der Waals surface area contributed by atoms with Gasteiger partial charge in [0, 0.05) is 23.7 Å². The number of phenolic OH excluding ortho intramolecular Hbond substituents is 2. The van der Waals surface area contributed by atoms with Crippen molar-refractivity contribution in [1.29, 1.82) is 0 Å². The van der Waals surface area contributed by atoms with Crippen molar-refractivity contribution in [3.05, 3.63) is 71.8 Å². The largest absolute Gasteiger partial charge is 0.508 e. The summed E-state index contributed by atoms with van der Waals surface area (Å²) in [5, 5.41) is 34.4. The highest BCUT2D eigenvalue weighted by molar-refractivity contribution is 5.95. The highest BCUT2D eigenvalue weighted by Crippen LogP contribution is 2.56. The van der Waals surface area contributed by atoms with Crippen LogP contribution in [0.15, 0.2) is 60.7 Å². The number of phenols is 2. The highest BCUT2D eigenvalue weighted by atomic mass is 16.5. The molecule has 4 aromatic rings. The van der Waals surface area contributed by atoms with E-state index in [0.717, 1.165) is 44.2 Å². The summed E-state index contributed by atoms with van der Waals surface area (Å²) in [6.07, 6.45) is 0. The van der Waals surface area contributed by atoms with Crippen molar-refractivity contribution < 1.29 is 20.1 Å². The number of hydrogen-bond donors (Lipinski definition) is 3. The molecule has 1 aliphatic rings. The summed E-state index contributed by atoms with van der Waals surface area (Å²) >= 11 is 0. The van der Waals surface area contributed by atoms with Gasteiger partial charge in [0.25, 0.3) is 0 Å². The molecule has 0 radical (unpaired) electrons. The molecule has 0 unspecified atom stereocenters. The van der Waals surface area contributed by atoms with Crippen LogP contribution in [0.1, 0.15) is 30.9 Å². The summed E-state index contributed by atoms with van der Waals surface area (Å²) in [7, 11) is 0. The Morgan fingerprint density at radius 2 is 1.21 bits per heavy atom. The molecule has 1 heterocycles. The van der Waals surface area contributed by atoms with Gasteiger partial charge in [0.1, 0.15) is 23.0 Å². The first kappa shape index (κ1) is 17.8. The highest BCUT2D eigenvalue weighted by Gasteiger charge is 2.40. The molecule has 0 saturated heterocycles.